The third kappa shape index (κ3) is 4.01. The van der Waals surface area contributed by atoms with Crippen LogP contribution in [-0.2, 0) is 0 Å². The van der Waals surface area contributed by atoms with E-state index in [1.54, 1.807) is 0 Å². The molecule has 1 saturated heterocycles. The largest absolute Gasteiger partial charge is 0.368 e. The zero-order valence-corrected chi connectivity index (χ0v) is 17.8. The number of benzene rings is 2. The number of aryl methyl sites for hydroxylation is 2. The lowest BCUT2D eigenvalue weighted by atomic mass is 10.1. The van der Waals surface area contributed by atoms with Gasteiger partial charge in [-0.1, -0.05) is 47.6 Å². The Balaban J connectivity index is 1.26. The molecule has 156 valence electrons. The molecule has 6 nitrogen and oxygen atoms in total. The van der Waals surface area contributed by atoms with Gasteiger partial charge in [0.2, 0.25) is 5.82 Å². The molecule has 0 unspecified atom stereocenters. The van der Waals surface area contributed by atoms with E-state index < -0.39 is 0 Å². The highest BCUT2D eigenvalue weighted by Crippen LogP contribution is 2.26. The van der Waals surface area contributed by atoms with Gasteiger partial charge in [0.1, 0.15) is 5.82 Å². The average molecular weight is 412 g/mol. The summed E-state index contributed by atoms with van der Waals surface area (Å²) in [6, 6.07) is 20.5. The highest BCUT2D eigenvalue weighted by atomic mass is 16.5. The summed E-state index contributed by atoms with van der Waals surface area (Å²) in [5.74, 6) is 2.05. The minimum absolute atomic E-state index is 0.484. The molecule has 6 heteroatoms. The van der Waals surface area contributed by atoms with E-state index in [4.69, 9.17) is 4.52 Å². The van der Waals surface area contributed by atoms with Gasteiger partial charge in [-0.3, -0.25) is 0 Å². The van der Waals surface area contributed by atoms with Crippen molar-refractivity contribution in [3.8, 4) is 22.8 Å². The van der Waals surface area contributed by atoms with Crippen LogP contribution in [0.2, 0.25) is 0 Å². The summed E-state index contributed by atoms with van der Waals surface area (Å²) >= 11 is 0. The molecule has 5 rings (SSSR count). The van der Waals surface area contributed by atoms with Crippen molar-refractivity contribution in [2.24, 2.45) is 0 Å². The van der Waals surface area contributed by atoms with Gasteiger partial charge in [0.15, 0.2) is 0 Å². The fourth-order valence-corrected chi connectivity index (χ4v) is 3.98. The Morgan fingerprint density at radius 1 is 0.806 bits per heavy atom. The highest BCUT2D eigenvalue weighted by molar-refractivity contribution is 5.61. The molecule has 31 heavy (non-hydrogen) atoms. The summed E-state index contributed by atoms with van der Waals surface area (Å²) in [7, 11) is 0. The summed E-state index contributed by atoms with van der Waals surface area (Å²) in [6.45, 7) is 8.19. The molecule has 2 aromatic carbocycles. The first-order valence-electron chi connectivity index (χ1n) is 10.6. The number of pyridine rings is 1. The molecule has 0 amide bonds. The van der Waals surface area contributed by atoms with E-state index in [-0.39, 0.29) is 0 Å². The molecule has 0 atom stereocenters. The molecule has 3 heterocycles. The first-order chi connectivity index (χ1) is 15.2. The highest BCUT2D eigenvalue weighted by Gasteiger charge is 2.20. The van der Waals surface area contributed by atoms with Gasteiger partial charge >= 0.3 is 0 Å². The van der Waals surface area contributed by atoms with Crippen LogP contribution >= 0.6 is 0 Å². The van der Waals surface area contributed by atoms with Gasteiger partial charge in [0.05, 0.1) is 5.56 Å². The van der Waals surface area contributed by atoms with Crippen LogP contribution in [0.1, 0.15) is 11.1 Å². The minimum Gasteiger partial charge on any atom is -0.368 e. The lowest BCUT2D eigenvalue weighted by Crippen LogP contribution is -2.47. The molecule has 0 saturated carbocycles. The smallest absolute Gasteiger partial charge is 0.259 e. The van der Waals surface area contributed by atoms with E-state index in [0.29, 0.717) is 11.7 Å². The molecule has 0 spiro atoms. The Hall–Kier alpha value is -3.67. The second-order valence-electron chi connectivity index (χ2n) is 7.96. The number of rotatable bonds is 4. The lowest BCUT2D eigenvalue weighted by molar-refractivity contribution is 0.432. The molecule has 2 aromatic heterocycles. The average Bonchev–Trinajstić information content (AvgIpc) is 3.32. The summed E-state index contributed by atoms with van der Waals surface area (Å²) < 4.78 is 5.45. The topological polar surface area (TPSA) is 58.3 Å². The van der Waals surface area contributed by atoms with Gasteiger partial charge in [-0.05, 0) is 43.2 Å². The SMILES string of the molecule is Cc1ccc(C)c(N2CCN(c3ccc(-c4nc(-c5ccccc5)no4)cn3)CC2)c1. The van der Waals surface area contributed by atoms with Crippen molar-refractivity contribution >= 4 is 11.5 Å². The Morgan fingerprint density at radius 2 is 1.58 bits per heavy atom. The van der Waals surface area contributed by atoms with E-state index in [1.165, 1.54) is 16.8 Å². The monoisotopic (exact) mass is 411 g/mol. The molecule has 4 aromatic rings. The second kappa shape index (κ2) is 8.22. The predicted octanol–water partition coefficient (Wildman–Crippen LogP) is 4.74. The summed E-state index contributed by atoms with van der Waals surface area (Å²) in [5.41, 5.74) is 5.73. The number of hydrogen-bond donors (Lipinski definition) is 0. The molecule has 0 bridgehead atoms. The van der Waals surface area contributed by atoms with E-state index in [9.17, 15) is 0 Å². The van der Waals surface area contributed by atoms with Crippen LogP contribution in [0.3, 0.4) is 0 Å². The first kappa shape index (κ1) is 19.3. The van der Waals surface area contributed by atoms with E-state index in [0.717, 1.165) is 43.1 Å². The standard InChI is InChI=1S/C25H25N5O/c1-18-8-9-19(2)22(16-18)29-12-14-30(15-13-29)23-11-10-21(17-26-23)25-27-24(28-31-25)20-6-4-3-5-7-20/h3-11,16-17H,12-15H2,1-2H3. The van der Waals surface area contributed by atoms with Gasteiger partial charge in [-0.15, -0.1) is 0 Å². The van der Waals surface area contributed by atoms with Gasteiger partial charge in [-0.25, -0.2) is 4.98 Å². The van der Waals surface area contributed by atoms with Crippen LogP contribution in [0.15, 0.2) is 71.4 Å². The van der Waals surface area contributed by atoms with Crippen molar-refractivity contribution in [3.05, 3.63) is 78.0 Å². The van der Waals surface area contributed by atoms with Gasteiger partial charge in [-0.2, -0.15) is 4.98 Å². The van der Waals surface area contributed by atoms with E-state index in [2.05, 4.69) is 57.0 Å². The van der Waals surface area contributed by atoms with Crippen molar-refractivity contribution in [1.29, 1.82) is 0 Å². The van der Waals surface area contributed by atoms with E-state index in [1.807, 2.05) is 48.7 Å². The maximum Gasteiger partial charge on any atom is 0.259 e. The van der Waals surface area contributed by atoms with Crippen molar-refractivity contribution in [1.82, 2.24) is 15.1 Å². The normalized spacial score (nSPS) is 14.1. The molecule has 0 radical (unpaired) electrons. The Kier molecular flexibility index (Phi) is 5.12. The maximum atomic E-state index is 5.45. The second-order valence-corrected chi connectivity index (χ2v) is 7.96. The molecule has 1 aliphatic heterocycles. The fourth-order valence-electron chi connectivity index (χ4n) is 3.98. The van der Waals surface area contributed by atoms with Crippen LogP contribution < -0.4 is 9.80 Å². The number of anilines is 2. The van der Waals surface area contributed by atoms with Gasteiger partial charge in [0.25, 0.3) is 5.89 Å². The molecular formula is C25H25N5O. The minimum atomic E-state index is 0.484. The Labute approximate surface area is 182 Å². The first-order valence-corrected chi connectivity index (χ1v) is 10.6. The van der Waals surface area contributed by atoms with Gasteiger partial charge in [0, 0.05) is 43.6 Å². The zero-order chi connectivity index (χ0) is 21.2. The summed E-state index contributed by atoms with van der Waals surface area (Å²) in [6.07, 6.45) is 1.81. The fraction of sp³-hybridized carbons (Fsp3) is 0.240. The van der Waals surface area contributed by atoms with Crippen LogP contribution in [0.25, 0.3) is 22.8 Å². The molecule has 0 N–H and O–H groups in total. The van der Waals surface area contributed by atoms with Gasteiger partial charge < -0.3 is 14.3 Å². The molecule has 0 aliphatic carbocycles. The van der Waals surface area contributed by atoms with Crippen LogP contribution in [0, 0.1) is 13.8 Å². The number of aromatic nitrogens is 3. The number of piperazine rings is 1. The third-order valence-electron chi connectivity index (χ3n) is 5.76. The third-order valence-corrected chi connectivity index (χ3v) is 5.76. The number of hydrogen-bond acceptors (Lipinski definition) is 6. The molecular weight excluding hydrogens is 386 g/mol. The van der Waals surface area contributed by atoms with Crippen LogP contribution in [-0.4, -0.2) is 41.3 Å². The maximum absolute atomic E-state index is 5.45. The summed E-state index contributed by atoms with van der Waals surface area (Å²) in [4.78, 5) is 14.0. The lowest BCUT2D eigenvalue weighted by Gasteiger charge is -2.37. The summed E-state index contributed by atoms with van der Waals surface area (Å²) in [5, 5.41) is 4.10. The quantitative estimate of drug-likeness (QED) is 0.483. The van der Waals surface area contributed by atoms with E-state index >= 15 is 0 Å². The van der Waals surface area contributed by atoms with Crippen molar-refractivity contribution in [2.45, 2.75) is 13.8 Å². The molecule has 1 fully saturated rings. The zero-order valence-electron chi connectivity index (χ0n) is 17.8. The Morgan fingerprint density at radius 3 is 2.32 bits per heavy atom. The molecule has 1 aliphatic rings. The predicted molar refractivity (Wildman–Crippen MR) is 123 cm³/mol. The van der Waals surface area contributed by atoms with Crippen LogP contribution in [0.4, 0.5) is 11.5 Å². The van der Waals surface area contributed by atoms with Crippen molar-refractivity contribution in [2.75, 3.05) is 36.0 Å². The van der Waals surface area contributed by atoms with Crippen molar-refractivity contribution < 1.29 is 4.52 Å². The van der Waals surface area contributed by atoms with Crippen molar-refractivity contribution in [3.63, 3.8) is 0 Å². The number of nitrogens with zero attached hydrogens (tertiary/aromatic N) is 5. The Bertz CT molecular complexity index is 1160. The van der Waals surface area contributed by atoms with Crippen LogP contribution in [0.5, 0.6) is 0 Å².